The molecule has 1 amide bonds. The van der Waals surface area contributed by atoms with Crippen molar-refractivity contribution < 1.29 is 13.2 Å². The van der Waals surface area contributed by atoms with Gasteiger partial charge in [-0.2, -0.15) is 0 Å². The summed E-state index contributed by atoms with van der Waals surface area (Å²) in [5, 5.41) is 3.90. The molecular weight excluding hydrogens is 440 g/mol. The van der Waals surface area contributed by atoms with Crippen molar-refractivity contribution >= 4 is 54.6 Å². The predicted octanol–water partition coefficient (Wildman–Crippen LogP) is 5.20. The minimum absolute atomic E-state index is 0.0667. The van der Waals surface area contributed by atoms with Gasteiger partial charge in [-0.05, 0) is 48.0 Å². The van der Waals surface area contributed by atoms with Crippen molar-refractivity contribution in [3.05, 3.63) is 87.9 Å². The number of sulfone groups is 1. The van der Waals surface area contributed by atoms with Crippen LogP contribution in [0.1, 0.15) is 20.9 Å². The van der Waals surface area contributed by atoms with Crippen molar-refractivity contribution in [3.63, 3.8) is 0 Å². The largest absolute Gasteiger partial charge is 0.322 e. The molecule has 5 nitrogen and oxygen atoms in total. The SMILES string of the molecule is CS(=O)(=O)c1cc(C(=O)Nc2ccc(Cc3nc4ccccc4s3)cc2)ccc1Cl. The maximum Gasteiger partial charge on any atom is 0.255 e. The average Bonchev–Trinajstić information content (AvgIpc) is 3.11. The molecule has 1 heterocycles. The number of carbonyl (C=O) groups is 1. The number of hydrogen-bond acceptors (Lipinski definition) is 5. The number of rotatable bonds is 5. The summed E-state index contributed by atoms with van der Waals surface area (Å²) in [7, 11) is -3.52. The Hall–Kier alpha value is -2.74. The van der Waals surface area contributed by atoms with Crippen LogP contribution in [0.3, 0.4) is 0 Å². The Morgan fingerprint density at radius 1 is 1.07 bits per heavy atom. The molecule has 0 saturated carbocycles. The second-order valence-electron chi connectivity index (χ2n) is 6.82. The summed E-state index contributed by atoms with van der Waals surface area (Å²) in [5.74, 6) is -0.407. The van der Waals surface area contributed by atoms with E-state index in [2.05, 4.69) is 16.4 Å². The van der Waals surface area contributed by atoms with Crippen LogP contribution in [0, 0.1) is 0 Å². The van der Waals surface area contributed by atoms with Gasteiger partial charge in [0.2, 0.25) is 0 Å². The summed E-state index contributed by atoms with van der Waals surface area (Å²) in [5.41, 5.74) is 2.91. The van der Waals surface area contributed by atoms with Gasteiger partial charge in [0.25, 0.3) is 5.91 Å². The van der Waals surface area contributed by atoms with E-state index in [1.54, 1.807) is 11.3 Å². The van der Waals surface area contributed by atoms with Crippen LogP contribution in [0.4, 0.5) is 5.69 Å². The Bertz CT molecular complexity index is 1310. The standard InChI is InChI=1S/C22H17ClN2O3S2/c1-30(27,28)20-13-15(8-11-17(20)23)22(26)24-16-9-6-14(7-10-16)12-21-25-18-4-2-3-5-19(18)29-21/h2-11,13H,12H2,1H3,(H,24,26). The third-order valence-electron chi connectivity index (χ3n) is 4.50. The van der Waals surface area contributed by atoms with E-state index in [1.165, 1.54) is 18.2 Å². The van der Waals surface area contributed by atoms with Crippen LogP contribution >= 0.6 is 22.9 Å². The molecule has 0 atom stereocenters. The topological polar surface area (TPSA) is 76.1 Å². The fourth-order valence-corrected chi connectivity index (χ4v) is 5.31. The summed E-state index contributed by atoms with van der Waals surface area (Å²) in [6.45, 7) is 0. The molecular formula is C22H17ClN2O3S2. The van der Waals surface area contributed by atoms with Crippen molar-refractivity contribution in [3.8, 4) is 0 Å². The number of carbonyl (C=O) groups excluding carboxylic acids is 1. The smallest absolute Gasteiger partial charge is 0.255 e. The van der Waals surface area contributed by atoms with Crippen molar-refractivity contribution in [1.82, 2.24) is 4.98 Å². The molecule has 0 aliphatic rings. The highest BCUT2D eigenvalue weighted by Crippen LogP contribution is 2.25. The Kier molecular flexibility index (Phi) is 5.60. The lowest BCUT2D eigenvalue weighted by atomic mass is 10.1. The first-order chi connectivity index (χ1) is 14.3. The lowest BCUT2D eigenvalue weighted by molar-refractivity contribution is 0.102. The van der Waals surface area contributed by atoms with Crippen molar-refractivity contribution in [2.75, 3.05) is 11.6 Å². The van der Waals surface area contributed by atoms with E-state index in [1.807, 2.05) is 42.5 Å². The number of halogens is 1. The monoisotopic (exact) mass is 456 g/mol. The number of fused-ring (bicyclic) bond motifs is 1. The van der Waals surface area contributed by atoms with Crippen LogP contribution in [0.15, 0.2) is 71.6 Å². The van der Waals surface area contributed by atoms with Crippen molar-refractivity contribution in [1.29, 1.82) is 0 Å². The molecule has 0 aliphatic carbocycles. The molecule has 4 rings (SSSR count). The van der Waals surface area contributed by atoms with E-state index in [9.17, 15) is 13.2 Å². The normalized spacial score (nSPS) is 11.5. The highest BCUT2D eigenvalue weighted by molar-refractivity contribution is 7.90. The third-order valence-corrected chi connectivity index (χ3v) is 7.11. The van der Waals surface area contributed by atoms with E-state index in [0.29, 0.717) is 12.1 Å². The number of thiazole rings is 1. The minimum atomic E-state index is -3.52. The Morgan fingerprint density at radius 3 is 2.50 bits per heavy atom. The van der Waals surface area contributed by atoms with E-state index in [0.717, 1.165) is 27.0 Å². The molecule has 1 aromatic heterocycles. The maximum absolute atomic E-state index is 12.5. The molecule has 0 fully saturated rings. The summed E-state index contributed by atoms with van der Waals surface area (Å²) < 4.78 is 24.8. The number of anilines is 1. The average molecular weight is 457 g/mol. The van der Waals surface area contributed by atoms with Gasteiger partial charge in [-0.15, -0.1) is 11.3 Å². The Labute approximate surface area is 183 Å². The number of benzene rings is 3. The predicted molar refractivity (Wildman–Crippen MR) is 121 cm³/mol. The van der Waals surface area contributed by atoms with Gasteiger partial charge < -0.3 is 5.32 Å². The molecule has 3 aromatic carbocycles. The molecule has 0 spiro atoms. The van der Waals surface area contributed by atoms with Gasteiger partial charge in [0.15, 0.2) is 9.84 Å². The number of hydrogen-bond donors (Lipinski definition) is 1. The first-order valence-corrected chi connectivity index (χ1v) is 12.1. The minimum Gasteiger partial charge on any atom is -0.322 e. The summed E-state index contributed by atoms with van der Waals surface area (Å²) >= 11 is 7.61. The lowest BCUT2D eigenvalue weighted by Crippen LogP contribution is -2.13. The van der Waals surface area contributed by atoms with Crippen molar-refractivity contribution in [2.45, 2.75) is 11.3 Å². The molecule has 8 heteroatoms. The van der Waals surface area contributed by atoms with Gasteiger partial charge in [0, 0.05) is 23.9 Å². The Balaban J connectivity index is 1.47. The second-order valence-corrected chi connectivity index (χ2v) is 10.3. The number of amides is 1. The first kappa shape index (κ1) is 20.5. The first-order valence-electron chi connectivity index (χ1n) is 9.04. The lowest BCUT2D eigenvalue weighted by Gasteiger charge is -2.08. The highest BCUT2D eigenvalue weighted by Gasteiger charge is 2.16. The molecule has 152 valence electrons. The van der Waals surface area contributed by atoms with Gasteiger partial charge in [-0.3, -0.25) is 4.79 Å². The maximum atomic E-state index is 12.5. The number of nitrogens with one attached hydrogen (secondary N) is 1. The third kappa shape index (κ3) is 4.53. The highest BCUT2D eigenvalue weighted by atomic mass is 35.5. The van der Waals surface area contributed by atoms with Crippen LogP contribution in [0.25, 0.3) is 10.2 Å². The van der Waals surface area contributed by atoms with E-state index >= 15 is 0 Å². The van der Waals surface area contributed by atoms with Crippen molar-refractivity contribution in [2.24, 2.45) is 0 Å². The fourth-order valence-electron chi connectivity index (χ4n) is 3.01. The number of nitrogens with zero attached hydrogens (tertiary/aromatic N) is 1. The summed E-state index contributed by atoms with van der Waals surface area (Å²) in [6, 6.07) is 19.7. The fraction of sp³-hybridized carbons (Fsp3) is 0.0909. The van der Waals surface area contributed by atoms with Gasteiger partial charge in [-0.25, -0.2) is 13.4 Å². The zero-order chi connectivity index (χ0) is 21.3. The molecule has 30 heavy (non-hydrogen) atoms. The number of aromatic nitrogens is 1. The van der Waals surface area contributed by atoms with Crippen LogP contribution in [-0.4, -0.2) is 25.6 Å². The molecule has 1 N–H and O–H groups in total. The van der Waals surface area contributed by atoms with Crippen LogP contribution in [0.2, 0.25) is 5.02 Å². The van der Waals surface area contributed by atoms with Gasteiger partial charge >= 0.3 is 0 Å². The van der Waals surface area contributed by atoms with Crippen LogP contribution in [-0.2, 0) is 16.3 Å². The molecule has 0 radical (unpaired) electrons. The zero-order valence-electron chi connectivity index (χ0n) is 15.9. The van der Waals surface area contributed by atoms with Gasteiger partial charge in [0.05, 0.1) is 25.1 Å². The zero-order valence-corrected chi connectivity index (χ0v) is 18.3. The Morgan fingerprint density at radius 2 is 1.80 bits per heavy atom. The molecule has 0 saturated heterocycles. The van der Waals surface area contributed by atoms with E-state index < -0.39 is 15.7 Å². The molecule has 4 aromatic rings. The van der Waals surface area contributed by atoms with E-state index in [-0.39, 0.29) is 15.5 Å². The summed E-state index contributed by atoms with van der Waals surface area (Å²) in [4.78, 5) is 17.1. The second kappa shape index (κ2) is 8.18. The molecule has 0 unspecified atom stereocenters. The van der Waals surface area contributed by atoms with Crippen LogP contribution < -0.4 is 5.32 Å². The molecule has 0 aliphatic heterocycles. The summed E-state index contributed by atoms with van der Waals surface area (Å²) in [6.07, 6.45) is 1.77. The quantitative estimate of drug-likeness (QED) is 0.448. The number of para-hydroxylation sites is 1. The van der Waals surface area contributed by atoms with Gasteiger partial charge in [-0.1, -0.05) is 35.9 Å². The molecule has 0 bridgehead atoms. The van der Waals surface area contributed by atoms with Crippen LogP contribution in [0.5, 0.6) is 0 Å². The van der Waals surface area contributed by atoms with E-state index in [4.69, 9.17) is 11.6 Å². The van der Waals surface area contributed by atoms with Gasteiger partial charge in [0.1, 0.15) is 0 Å².